The van der Waals surface area contributed by atoms with Crippen LogP contribution in [0.5, 0.6) is 0 Å². The van der Waals surface area contributed by atoms with Gasteiger partial charge in [-0.15, -0.1) is 13.2 Å². The number of rotatable bonds is 7. The third-order valence-electron chi connectivity index (χ3n) is 2.76. The summed E-state index contributed by atoms with van der Waals surface area (Å²) in [6, 6.07) is 9.38. The average molecular weight is 254 g/mol. The van der Waals surface area contributed by atoms with Crippen LogP contribution in [0.1, 0.15) is 17.5 Å². The number of carbonyl (C=O) groups excluding carboxylic acids is 1. The van der Waals surface area contributed by atoms with Crippen molar-refractivity contribution in [3.8, 4) is 6.07 Å². The van der Waals surface area contributed by atoms with Crippen LogP contribution in [0.2, 0.25) is 0 Å². The lowest BCUT2D eigenvalue weighted by molar-refractivity contribution is -0.130. The van der Waals surface area contributed by atoms with Crippen molar-refractivity contribution in [2.24, 2.45) is 0 Å². The highest BCUT2D eigenvalue weighted by Crippen LogP contribution is 2.07. The van der Waals surface area contributed by atoms with Crippen LogP contribution in [-0.4, -0.2) is 23.9 Å². The molecule has 0 unspecified atom stereocenters. The highest BCUT2D eigenvalue weighted by atomic mass is 16.2. The van der Waals surface area contributed by atoms with E-state index in [4.69, 9.17) is 5.26 Å². The second kappa shape index (κ2) is 7.88. The van der Waals surface area contributed by atoms with Crippen LogP contribution in [0.3, 0.4) is 0 Å². The lowest BCUT2D eigenvalue weighted by Crippen LogP contribution is -2.31. The summed E-state index contributed by atoms with van der Waals surface area (Å²) in [7, 11) is 0. The summed E-state index contributed by atoms with van der Waals surface area (Å²) >= 11 is 0. The van der Waals surface area contributed by atoms with Gasteiger partial charge in [-0.25, -0.2) is 0 Å². The van der Waals surface area contributed by atoms with Gasteiger partial charge in [-0.3, -0.25) is 4.79 Å². The Morgan fingerprint density at radius 2 is 1.79 bits per heavy atom. The van der Waals surface area contributed by atoms with Crippen LogP contribution in [-0.2, 0) is 11.2 Å². The molecule has 0 radical (unpaired) electrons. The van der Waals surface area contributed by atoms with Gasteiger partial charge in [-0.05, 0) is 24.1 Å². The first-order chi connectivity index (χ1) is 9.21. The van der Waals surface area contributed by atoms with E-state index in [1.807, 2.05) is 12.1 Å². The Hall–Kier alpha value is -2.34. The molecule has 1 amide bonds. The minimum Gasteiger partial charge on any atom is -0.335 e. The fraction of sp³-hybridized carbons (Fsp3) is 0.250. The quantitative estimate of drug-likeness (QED) is 0.702. The first kappa shape index (κ1) is 14.7. The normalized spacial score (nSPS) is 9.42. The summed E-state index contributed by atoms with van der Waals surface area (Å²) in [5.41, 5.74) is 1.69. The van der Waals surface area contributed by atoms with Crippen LogP contribution in [0.15, 0.2) is 49.6 Å². The Balaban J connectivity index is 2.54. The zero-order chi connectivity index (χ0) is 14.1. The molecule has 0 saturated heterocycles. The van der Waals surface area contributed by atoms with Crippen molar-refractivity contribution in [1.29, 1.82) is 5.26 Å². The zero-order valence-corrected chi connectivity index (χ0v) is 11.0. The molecule has 3 nitrogen and oxygen atoms in total. The summed E-state index contributed by atoms with van der Waals surface area (Å²) in [6.45, 7) is 8.37. The van der Waals surface area contributed by atoms with E-state index in [9.17, 15) is 4.79 Å². The molecule has 0 aliphatic carbocycles. The predicted molar refractivity (Wildman–Crippen MR) is 76.5 cm³/mol. The SMILES string of the molecule is C=CCN(CC=C)C(=O)CCc1ccc(C#N)cc1. The summed E-state index contributed by atoms with van der Waals surface area (Å²) in [4.78, 5) is 13.7. The number of benzene rings is 1. The van der Waals surface area contributed by atoms with E-state index in [0.29, 0.717) is 31.5 Å². The molecule has 0 spiro atoms. The molecule has 0 aliphatic heterocycles. The van der Waals surface area contributed by atoms with Gasteiger partial charge < -0.3 is 4.90 Å². The highest BCUT2D eigenvalue weighted by molar-refractivity contribution is 5.76. The molecule has 0 fully saturated rings. The Morgan fingerprint density at radius 3 is 2.26 bits per heavy atom. The van der Waals surface area contributed by atoms with Crippen molar-refractivity contribution in [3.05, 3.63) is 60.7 Å². The molecule has 0 aromatic heterocycles. The van der Waals surface area contributed by atoms with E-state index in [1.54, 1.807) is 29.2 Å². The summed E-state index contributed by atoms with van der Waals surface area (Å²) in [6.07, 6.45) is 4.55. The number of hydrogen-bond donors (Lipinski definition) is 0. The highest BCUT2D eigenvalue weighted by Gasteiger charge is 2.10. The summed E-state index contributed by atoms with van der Waals surface area (Å²) < 4.78 is 0. The Labute approximate surface area is 114 Å². The summed E-state index contributed by atoms with van der Waals surface area (Å²) in [5, 5.41) is 8.71. The predicted octanol–water partition coefficient (Wildman–Crippen LogP) is 2.69. The van der Waals surface area contributed by atoms with Gasteiger partial charge in [-0.2, -0.15) is 5.26 Å². The second-order valence-corrected chi connectivity index (χ2v) is 4.18. The van der Waals surface area contributed by atoms with Crippen molar-refractivity contribution >= 4 is 5.91 Å². The summed E-state index contributed by atoms with van der Waals surface area (Å²) in [5.74, 6) is 0.0872. The monoisotopic (exact) mass is 254 g/mol. The number of aryl methyl sites for hydroxylation is 1. The largest absolute Gasteiger partial charge is 0.335 e. The average Bonchev–Trinajstić information content (AvgIpc) is 2.45. The second-order valence-electron chi connectivity index (χ2n) is 4.18. The molecule has 1 aromatic rings. The van der Waals surface area contributed by atoms with Gasteiger partial charge in [0, 0.05) is 19.5 Å². The number of nitriles is 1. The van der Waals surface area contributed by atoms with Gasteiger partial charge in [0.1, 0.15) is 0 Å². The topological polar surface area (TPSA) is 44.1 Å². The molecule has 1 rings (SSSR count). The molecule has 0 N–H and O–H groups in total. The van der Waals surface area contributed by atoms with Gasteiger partial charge >= 0.3 is 0 Å². The Kier molecular flexibility index (Phi) is 6.11. The molecule has 0 atom stereocenters. The molecule has 1 aromatic carbocycles. The van der Waals surface area contributed by atoms with E-state index < -0.39 is 0 Å². The smallest absolute Gasteiger partial charge is 0.223 e. The van der Waals surface area contributed by atoms with E-state index >= 15 is 0 Å². The van der Waals surface area contributed by atoms with Crippen LogP contribution in [0, 0.1) is 11.3 Å². The lowest BCUT2D eigenvalue weighted by Gasteiger charge is -2.19. The third-order valence-corrected chi connectivity index (χ3v) is 2.76. The molecule has 98 valence electrons. The van der Waals surface area contributed by atoms with Gasteiger partial charge in [-0.1, -0.05) is 24.3 Å². The fourth-order valence-electron chi connectivity index (χ4n) is 1.75. The van der Waals surface area contributed by atoms with Crippen molar-refractivity contribution in [2.75, 3.05) is 13.1 Å². The molecule has 0 aliphatic rings. The maximum Gasteiger partial charge on any atom is 0.223 e. The molecule has 19 heavy (non-hydrogen) atoms. The Morgan fingerprint density at radius 1 is 1.21 bits per heavy atom. The van der Waals surface area contributed by atoms with Gasteiger partial charge in [0.05, 0.1) is 11.6 Å². The molecule has 0 saturated carbocycles. The molecular weight excluding hydrogens is 236 g/mol. The van der Waals surface area contributed by atoms with Crippen LogP contribution >= 0.6 is 0 Å². The van der Waals surface area contributed by atoms with Gasteiger partial charge in [0.15, 0.2) is 0 Å². The fourth-order valence-corrected chi connectivity index (χ4v) is 1.75. The molecule has 0 bridgehead atoms. The van der Waals surface area contributed by atoms with Gasteiger partial charge in [0.2, 0.25) is 5.91 Å². The van der Waals surface area contributed by atoms with Crippen LogP contribution < -0.4 is 0 Å². The maximum atomic E-state index is 12.0. The molecule has 3 heteroatoms. The first-order valence-electron chi connectivity index (χ1n) is 6.20. The minimum absolute atomic E-state index is 0.0872. The van der Waals surface area contributed by atoms with Gasteiger partial charge in [0.25, 0.3) is 0 Å². The number of amides is 1. The van der Waals surface area contributed by atoms with E-state index in [1.165, 1.54) is 0 Å². The number of hydrogen-bond acceptors (Lipinski definition) is 2. The number of nitrogens with zero attached hydrogens (tertiary/aromatic N) is 2. The Bertz CT molecular complexity index is 472. The molecular formula is C16H18N2O. The van der Waals surface area contributed by atoms with E-state index in [2.05, 4.69) is 19.2 Å². The first-order valence-corrected chi connectivity index (χ1v) is 6.20. The zero-order valence-electron chi connectivity index (χ0n) is 11.0. The third kappa shape index (κ3) is 4.81. The minimum atomic E-state index is 0.0872. The van der Waals surface area contributed by atoms with Crippen LogP contribution in [0.4, 0.5) is 0 Å². The standard InChI is InChI=1S/C16H18N2O/c1-3-11-18(12-4-2)16(19)10-9-14-5-7-15(13-17)8-6-14/h3-8H,1-2,9-12H2. The van der Waals surface area contributed by atoms with E-state index in [0.717, 1.165) is 5.56 Å². The lowest BCUT2D eigenvalue weighted by atomic mass is 10.1. The van der Waals surface area contributed by atoms with Crippen molar-refractivity contribution in [2.45, 2.75) is 12.8 Å². The van der Waals surface area contributed by atoms with Crippen molar-refractivity contribution in [3.63, 3.8) is 0 Å². The maximum absolute atomic E-state index is 12.0. The van der Waals surface area contributed by atoms with E-state index in [-0.39, 0.29) is 5.91 Å². The van der Waals surface area contributed by atoms with Crippen LogP contribution in [0.25, 0.3) is 0 Å². The van der Waals surface area contributed by atoms with Crippen molar-refractivity contribution < 1.29 is 4.79 Å². The number of carbonyl (C=O) groups is 1. The molecule has 0 heterocycles. The van der Waals surface area contributed by atoms with Crippen molar-refractivity contribution in [1.82, 2.24) is 4.90 Å².